The van der Waals surface area contributed by atoms with Gasteiger partial charge in [0.1, 0.15) is 0 Å². The molecule has 0 bridgehead atoms. The van der Waals surface area contributed by atoms with Crippen molar-refractivity contribution in [2.45, 2.75) is 59.8 Å². The molecule has 0 radical (unpaired) electrons. The second-order valence-electron chi connectivity index (χ2n) is 8.23. The minimum atomic E-state index is -1.25. The Bertz CT molecular complexity index is 545. The van der Waals surface area contributed by atoms with Crippen molar-refractivity contribution in [2.75, 3.05) is 0 Å². The summed E-state index contributed by atoms with van der Waals surface area (Å²) in [5, 5.41) is 19.1. The predicted molar refractivity (Wildman–Crippen MR) is 94.9 cm³/mol. The number of aliphatic carboxylic acids is 2. The van der Waals surface area contributed by atoms with E-state index in [2.05, 4.69) is 27.7 Å². The van der Waals surface area contributed by atoms with E-state index >= 15 is 0 Å². The molecule has 4 nitrogen and oxygen atoms in total. The van der Waals surface area contributed by atoms with Crippen LogP contribution < -0.4 is 0 Å². The molecule has 0 saturated carbocycles. The van der Waals surface area contributed by atoms with Crippen LogP contribution in [0.1, 0.15) is 58.9 Å². The Kier molecular flexibility index (Phi) is 7.00. The molecule has 2 N–H and O–H groups in total. The van der Waals surface area contributed by atoms with Gasteiger partial charge in [0.2, 0.25) is 0 Å². The molecule has 1 rings (SSSR count). The molecule has 0 amide bonds. The fourth-order valence-corrected chi connectivity index (χ4v) is 3.44. The molecule has 2 atom stereocenters. The highest BCUT2D eigenvalue weighted by atomic mass is 16.4. The molecular formula is C20H30O4. The zero-order chi connectivity index (χ0) is 18.4. The van der Waals surface area contributed by atoms with Crippen LogP contribution in [0.2, 0.25) is 0 Å². The second-order valence-corrected chi connectivity index (χ2v) is 8.23. The maximum Gasteiger partial charge on any atom is 0.310 e. The first-order valence-corrected chi connectivity index (χ1v) is 8.53. The van der Waals surface area contributed by atoms with Crippen LogP contribution >= 0.6 is 0 Å². The van der Waals surface area contributed by atoms with E-state index in [4.69, 9.17) is 0 Å². The Hall–Kier alpha value is -1.84. The lowest BCUT2D eigenvalue weighted by atomic mass is 9.72. The van der Waals surface area contributed by atoms with Crippen molar-refractivity contribution in [1.29, 1.82) is 0 Å². The number of hydrogen-bond donors (Lipinski definition) is 2. The first-order chi connectivity index (χ1) is 11.0. The van der Waals surface area contributed by atoms with E-state index in [9.17, 15) is 19.8 Å². The molecule has 134 valence electrons. The van der Waals surface area contributed by atoms with Crippen molar-refractivity contribution in [1.82, 2.24) is 0 Å². The first-order valence-electron chi connectivity index (χ1n) is 8.53. The van der Waals surface area contributed by atoms with Gasteiger partial charge in [-0.2, -0.15) is 0 Å². The molecule has 0 aromatic heterocycles. The summed E-state index contributed by atoms with van der Waals surface area (Å²) in [6, 6.07) is 9.29. The van der Waals surface area contributed by atoms with E-state index in [0.717, 1.165) is 12.0 Å². The van der Waals surface area contributed by atoms with Crippen molar-refractivity contribution in [3.8, 4) is 0 Å². The van der Waals surface area contributed by atoms with Gasteiger partial charge < -0.3 is 10.2 Å². The van der Waals surface area contributed by atoms with Gasteiger partial charge in [-0.25, -0.2) is 0 Å². The lowest BCUT2D eigenvalue weighted by Gasteiger charge is -2.31. The summed E-state index contributed by atoms with van der Waals surface area (Å²) in [5.41, 5.74) is -0.207. The fraction of sp³-hybridized carbons (Fsp3) is 0.600. The molecule has 24 heavy (non-hydrogen) atoms. The van der Waals surface area contributed by atoms with Gasteiger partial charge >= 0.3 is 11.9 Å². The van der Waals surface area contributed by atoms with Gasteiger partial charge in [-0.05, 0) is 42.6 Å². The third kappa shape index (κ3) is 6.73. The number of carbonyl (C=O) groups is 2. The predicted octanol–water partition coefficient (Wildman–Crippen LogP) is 4.63. The molecule has 2 unspecified atom stereocenters. The van der Waals surface area contributed by atoms with Crippen LogP contribution in [0.25, 0.3) is 0 Å². The fourth-order valence-electron chi connectivity index (χ4n) is 3.44. The molecule has 0 fully saturated rings. The smallest absolute Gasteiger partial charge is 0.310 e. The number of rotatable bonds is 9. The van der Waals surface area contributed by atoms with Crippen LogP contribution in [0.15, 0.2) is 30.3 Å². The number of hydrogen-bond acceptors (Lipinski definition) is 2. The first kappa shape index (κ1) is 20.2. The molecule has 0 aliphatic rings. The Morgan fingerprint density at radius 2 is 1.67 bits per heavy atom. The van der Waals surface area contributed by atoms with E-state index in [-0.39, 0.29) is 18.3 Å². The van der Waals surface area contributed by atoms with Gasteiger partial charge in [0, 0.05) is 0 Å². The normalized spacial score (nSPS) is 15.5. The lowest BCUT2D eigenvalue weighted by molar-refractivity contribution is -0.156. The maximum atomic E-state index is 12.0. The standard InChI is InChI=1S/C20H30O4/c1-15(12-19(2,3)4)10-11-20(18(23)24,14-17(21)22)13-16-8-6-5-7-9-16/h5-9,15H,10-14H2,1-4H3,(H,21,22)(H,23,24). The van der Waals surface area contributed by atoms with Gasteiger partial charge in [0.05, 0.1) is 11.8 Å². The number of benzene rings is 1. The quantitative estimate of drug-likeness (QED) is 0.690. The summed E-state index contributed by atoms with van der Waals surface area (Å²) in [5.74, 6) is -1.72. The Labute approximate surface area is 144 Å². The van der Waals surface area contributed by atoms with E-state index in [1.54, 1.807) is 0 Å². The zero-order valence-electron chi connectivity index (χ0n) is 15.2. The summed E-state index contributed by atoms with van der Waals surface area (Å²) in [4.78, 5) is 23.3. The highest BCUT2D eigenvalue weighted by Gasteiger charge is 2.41. The zero-order valence-corrected chi connectivity index (χ0v) is 15.2. The van der Waals surface area contributed by atoms with Gasteiger partial charge in [0.15, 0.2) is 0 Å². The van der Waals surface area contributed by atoms with Crippen molar-refractivity contribution in [3.05, 3.63) is 35.9 Å². The van der Waals surface area contributed by atoms with Crippen molar-refractivity contribution in [3.63, 3.8) is 0 Å². The summed E-state index contributed by atoms with van der Waals surface area (Å²) < 4.78 is 0. The monoisotopic (exact) mass is 334 g/mol. The van der Waals surface area contributed by atoms with Gasteiger partial charge in [-0.15, -0.1) is 0 Å². The number of carboxylic acids is 2. The van der Waals surface area contributed by atoms with Crippen LogP contribution in [-0.4, -0.2) is 22.2 Å². The Morgan fingerprint density at radius 1 is 1.08 bits per heavy atom. The van der Waals surface area contributed by atoms with Crippen molar-refractivity contribution >= 4 is 11.9 Å². The van der Waals surface area contributed by atoms with Crippen LogP contribution in [-0.2, 0) is 16.0 Å². The molecule has 0 aliphatic carbocycles. The van der Waals surface area contributed by atoms with Gasteiger partial charge in [-0.1, -0.05) is 58.0 Å². The van der Waals surface area contributed by atoms with Crippen molar-refractivity contribution in [2.24, 2.45) is 16.7 Å². The SMILES string of the molecule is CC(CCC(CC(=O)O)(Cc1ccccc1)C(=O)O)CC(C)(C)C. The molecule has 1 aromatic carbocycles. The minimum absolute atomic E-state index is 0.178. The third-order valence-corrected chi connectivity index (χ3v) is 4.41. The average Bonchev–Trinajstić information content (AvgIpc) is 2.43. The maximum absolute atomic E-state index is 12.0. The third-order valence-electron chi connectivity index (χ3n) is 4.41. The van der Waals surface area contributed by atoms with Crippen LogP contribution in [0.5, 0.6) is 0 Å². The van der Waals surface area contributed by atoms with Gasteiger partial charge in [0.25, 0.3) is 0 Å². The molecular weight excluding hydrogens is 304 g/mol. The molecule has 1 aromatic rings. The van der Waals surface area contributed by atoms with Crippen molar-refractivity contribution < 1.29 is 19.8 Å². The molecule has 0 heterocycles. The summed E-state index contributed by atoms with van der Waals surface area (Å²) >= 11 is 0. The molecule has 0 saturated heterocycles. The minimum Gasteiger partial charge on any atom is -0.481 e. The second kappa shape index (κ2) is 8.32. The topological polar surface area (TPSA) is 74.6 Å². The number of carboxylic acid groups (broad SMARTS) is 2. The highest BCUT2D eigenvalue weighted by Crippen LogP contribution is 2.37. The molecule has 0 spiro atoms. The van der Waals surface area contributed by atoms with Crippen LogP contribution in [0.4, 0.5) is 0 Å². The molecule has 0 aliphatic heterocycles. The Balaban J connectivity index is 2.95. The average molecular weight is 334 g/mol. The van der Waals surface area contributed by atoms with E-state index in [0.29, 0.717) is 18.8 Å². The van der Waals surface area contributed by atoms with Gasteiger partial charge in [-0.3, -0.25) is 9.59 Å². The summed E-state index contributed by atoms with van der Waals surface area (Å²) in [6.07, 6.45) is 1.97. The lowest BCUT2D eigenvalue weighted by Crippen LogP contribution is -2.36. The van der Waals surface area contributed by atoms with Crippen LogP contribution in [0, 0.1) is 16.7 Å². The summed E-state index contributed by atoms with van der Waals surface area (Å²) in [6.45, 7) is 8.60. The van der Waals surface area contributed by atoms with Crippen LogP contribution in [0.3, 0.4) is 0 Å². The molecule has 4 heteroatoms. The Morgan fingerprint density at radius 3 is 2.12 bits per heavy atom. The largest absolute Gasteiger partial charge is 0.481 e. The summed E-state index contributed by atoms with van der Waals surface area (Å²) in [7, 11) is 0. The van der Waals surface area contributed by atoms with E-state index < -0.39 is 17.4 Å². The van der Waals surface area contributed by atoms with E-state index in [1.165, 1.54) is 0 Å². The highest BCUT2D eigenvalue weighted by molar-refractivity contribution is 5.81. The van der Waals surface area contributed by atoms with E-state index in [1.807, 2.05) is 30.3 Å².